The Kier molecular flexibility index (Phi) is 69.7. The van der Waals surface area contributed by atoms with Crippen LogP contribution in [0.15, 0.2) is 0 Å². The Bertz CT molecular complexity index is 10.5. The molecule has 0 saturated heterocycles. The predicted molar refractivity (Wildman–Crippen MR) is 39.2 cm³/mol. The van der Waals surface area contributed by atoms with E-state index in [4.69, 9.17) is 0 Å². The van der Waals surface area contributed by atoms with E-state index in [1.165, 1.54) is 0 Å². The zero-order valence-electron chi connectivity index (χ0n) is 5.73. The summed E-state index contributed by atoms with van der Waals surface area (Å²) in [5.74, 6) is 0. The van der Waals surface area contributed by atoms with Crippen LogP contribution in [0.2, 0.25) is 0 Å². The Morgan fingerprint density at radius 3 is 0.857 bits per heavy atom. The van der Waals surface area contributed by atoms with Crippen LogP contribution in [0.5, 0.6) is 0 Å². The zero-order valence-corrected chi connectivity index (χ0v) is 6.89. The molecule has 1 heteroatoms. The summed E-state index contributed by atoms with van der Waals surface area (Å²) in [6.45, 7) is 8.00. The van der Waals surface area contributed by atoms with Crippen LogP contribution in [0.3, 0.4) is 0 Å². The van der Waals surface area contributed by atoms with Crippen molar-refractivity contribution in [3.05, 3.63) is 12.8 Å². The molecule has 0 N–H and O–H groups in total. The monoisotopic (exact) mass is 115 g/mol. The topological polar surface area (TPSA) is 0 Å². The molecule has 0 atom stereocenters. The van der Waals surface area contributed by atoms with Crippen molar-refractivity contribution >= 4 is 17.4 Å². The van der Waals surface area contributed by atoms with Crippen molar-refractivity contribution < 1.29 is 1.43 Å². The van der Waals surface area contributed by atoms with Gasteiger partial charge in [0.2, 0.25) is 0 Å². The average molecular weight is 115 g/mol. The minimum atomic E-state index is 0. The molecular weight excluding hydrogens is 99.0 g/mol. The molecule has 43 valence electrons. The van der Waals surface area contributed by atoms with Crippen LogP contribution in [0.1, 0.15) is 29.1 Å². The molecule has 0 unspecified atom stereocenters. The first kappa shape index (κ1) is 15.6. The van der Waals surface area contributed by atoms with Crippen molar-refractivity contribution in [3.8, 4) is 0 Å². The molecule has 0 aromatic rings. The van der Waals surface area contributed by atoms with Crippen LogP contribution in [0.25, 0.3) is 0 Å². The number of hydrogen-bond donors (Lipinski definition) is 0. The van der Waals surface area contributed by atoms with E-state index in [0.29, 0.717) is 0 Å². The molecule has 0 aliphatic heterocycles. The first-order valence-electron chi connectivity index (χ1n) is 2.31. The fourth-order valence-electron chi connectivity index (χ4n) is 0. The van der Waals surface area contributed by atoms with Crippen LogP contribution < -0.4 is 0 Å². The quantitative estimate of drug-likeness (QED) is 0.425. The molecule has 0 aliphatic carbocycles. The van der Waals surface area contributed by atoms with Crippen LogP contribution in [0.4, 0.5) is 0 Å². The maximum absolute atomic E-state index is 2.00. The van der Waals surface area contributed by atoms with Gasteiger partial charge in [0, 0.05) is 18.8 Å². The largest absolute Gasteiger partial charge is 0.0625 e. The minimum absolute atomic E-state index is 0. The Morgan fingerprint density at radius 2 is 0.857 bits per heavy atom. The Hall–Kier alpha value is 0.532. The fourth-order valence-corrected chi connectivity index (χ4v) is 0. The first-order valence-corrected chi connectivity index (χ1v) is 2.31. The summed E-state index contributed by atoms with van der Waals surface area (Å²) in [4.78, 5) is 0. The standard InChI is InChI=1S/2C3H7.Al.H2/c2*1-3-2;;/h2*3H,1-2H3;;1H. The molecule has 5 radical (unpaired) electrons. The highest BCUT2D eigenvalue weighted by Gasteiger charge is 1.36. The lowest BCUT2D eigenvalue weighted by Crippen LogP contribution is -1.30. The van der Waals surface area contributed by atoms with Gasteiger partial charge in [-0.15, -0.1) is 0 Å². The van der Waals surface area contributed by atoms with Crippen molar-refractivity contribution in [2.24, 2.45) is 0 Å². The van der Waals surface area contributed by atoms with Gasteiger partial charge in [-0.25, -0.2) is 0 Å². The molecule has 0 amide bonds. The highest BCUT2D eigenvalue weighted by molar-refractivity contribution is 5.75. The third kappa shape index (κ3) is 473. The number of hydrogen-bond acceptors (Lipinski definition) is 0. The summed E-state index contributed by atoms with van der Waals surface area (Å²) in [6.07, 6.45) is 4.00. The molecule has 0 heterocycles. The molecule has 0 bridgehead atoms. The lowest BCUT2D eigenvalue weighted by Gasteiger charge is -1.47. The van der Waals surface area contributed by atoms with E-state index < -0.39 is 0 Å². The van der Waals surface area contributed by atoms with Gasteiger partial charge in [-0.3, -0.25) is 0 Å². The van der Waals surface area contributed by atoms with Gasteiger partial charge in [0.05, 0.1) is 0 Å². The molecule has 0 saturated carbocycles. The summed E-state index contributed by atoms with van der Waals surface area (Å²) < 4.78 is 0. The maximum Gasteiger partial charge on any atom is 0 e. The van der Waals surface area contributed by atoms with Crippen molar-refractivity contribution in [2.45, 2.75) is 27.7 Å². The molecule has 0 spiro atoms. The summed E-state index contributed by atoms with van der Waals surface area (Å²) in [6, 6.07) is 0. The molecule has 0 fully saturated rings. The second kappa shape index (κ2) is 31.2. The zero-order chi connectivity index (χ0) is 5.41. The molecule has 0 aromatic heterocycles. The van der Waals surface area contributed by atoms with Gasteiger partial charge in [0.1, 0.15) is 0 Å². The summed E-state index contributed by atoms with van der Waals surface area (Å²) >= 11 is 0. The van der Waals surface area contributed by atoms with Crippen LogP contribution in [0, 0.1) is 12.8 Å². The maximum atomic E-state index is 2.00. The second-order valence-corrected chi connectivity index (χ2v) is 1.15. The van der Waals surface area contributed by atoms with E-state index in [-0.39, 0.29) is 18.8 Å². The minimum Gasteiger partial charge on any atom is -0.0625 e. The van der Waals surface area contributed by atoms with Gasteiger partial charge < -0.3 is 0 Å². The van der Waals surface area contributed by atoms with E-state index >= 15 is 0 Å². The SMILES string of the molecule is C[CH]C.C[CH]C.[Al].[HH]. The third-order valence-corrected chi connectivity index (χ3v) is 0. The van der Waals surface area contributed by atoms with E-state index in [0.717, 1.165) is 0 Å². The third-order valence-electron chi connectivity index (χ3n) is 0. The summed E-state index contributed by atoms with van der Waals surface area (Å²) in [7, 11) is 0. The average Bonchev–Trinajstić information content (AvgIpc) is 1.39. The van der Waals surface area contributed by atoms with E-state index in [1.54, 1.807) is 0 Å². The van der Waals surface area contributed by atoms with Gasteiger partial charge in [0.15, 0.2) is 0 Å². The highest BCUT2D eigenvalue weighted by Crippen LogP contribution is 1.53. The fraction of sp³-hybridized carbons (Fsp3) is 0.667. The van der Waals surface area contributed by atoms with Gasteiger partial charge in [0.25, 0.3) is 0 Å². The lowest BCUT2D eigenvalue weighted by molar-refractivity contribution is 1.41. The Balaban J connectivity index is -0.0000000160. The van der Waals surface area contributed by atoms with Crippen molar-refractivity contribution in [3.63, 3.8) is 0 Å². The molecule has 7 heavy (non-hydrogen) atoms. The van der Waals surface area contributed by atoms with Crippen molar-refractivity contribution in [1.82, 2.24) is 0 Å². The molecule has 0 rings (SSSR count). The van der Waals surface area contributed by atoms with E-state index in [1.807, 2.05) is 40.5 Å². The first-order chi connectivity index (χ1) is 2.83. The molecule has 0 aliphatic rings. The van der Waals surface area contributed by atoms with Gasteiger partial charge in [-0.1, -0.05) is 27.7 Å². The van der Waals surface area contributed by atoms with E-state index in [9.17, 15) is 0 Å². The van der Waals surface area contributed by atoms with Crippen LogP contribution in [-0.4, -0.2) is 17.4 Å². The molecule has 0 nitrogen and oxygen atoms in total. The van der Waals surface area contributed by atoms with E-state index in [2.05, 4.69) is 0 Å². The van der Waals surface area contributed by atoms with Gasteiger partial charge >= 0.3 is 0 Å². The highest BCUT2D eigenvalue weighted by atomic mass is 27.0. The number of rotatable bonds is 0. The second-order valence-electron chi connectivity index (χ2n) is 1.15. The smallest absolute Gasteiger partial charge is 0 e. The molecular formula is C6H16Al. The van der Waals surface area contributed by atoms with Gasteiger partial charge in [-0.05, 0) is 12.8 Å². The predicted octanol–water partition coefficient (Wildman–Crippen LogP) is 2.33. The van der Waals surface area contributed by atoms with Crippen LogP contribution in [-0.2, 0) is 0 Å². The summed E-state index contributed by atoms with van der Waals surface area (Å²) in [5.41, 5.74) is 0. The van der Waals surface area contributed by atoms with Crippen molar-refractivity contribution in [1.29, 1.82) is 0 Å². The normalized spacial score (nSPS) is 5.14. The van der Waals surface area contributed by atoms with Gasteiger partial charge in [-0.2, -0.15) is 0 Å². The Labute approximate surface area is 59.9 Å². The van der Waals surface area contributed by atoms with Crippen LogP contribution >= 0.6 is 0 Å². The molecule has 0 aromatic carbocycles. The lowest BCUT2D eigenvalue weighted by atomic mass is 10.6. The van der Waals surface area contributed by atoms with Crippen molar-refractivity contribution in [2.75, 3.05) is 0 Å². The Morgan fingerprint density at radius 1 is 0.857 bits per heavy atom. The summed E-state index contributed by atoms with van der Waals surface area (Å²) in [5, 5.41) is 0.